The van der Waals surface area contributed by atoms with Gasteiger partial charge in [0.25, 0.3) is 0 Å². The first-order valence-electron chi connectivity index (χ1n) is 34.1. The van der Waals surface area contributed by atoms with E-state index in [2.05, 4.69) is 98.9 Å². The molecule has 0 aromatic rings. The third-order valence-electron chi connectivity index (χ3n) is 15.2. The van der Waals surface area contributed by atoms with E-state index in [-0.39, 0.29) is 25.2 Å². The largest absolute Gasteiger partial charge is 0.462 e. The van der Waals surface area contributed by atoms with Gasteiger partial charge in [0.15, 0.2) is 6.10 Å². The summed E-state index contributed by atoms with van der Waals surface area (Å²) in [5.74, 6) is -0.578. The highest BCUT2D eigenvalue weighted by Crippen LogP contribution is 2.18. The molecule has 0 amide bonds. The number of allylic oxidation sites excluding steroid dienone is 14. The first-order valence-corrected chi connectivity index (χ1v) is 34.1. The van der Waals surface area contributed by atoms with Crippen LogP contribution < -0.4 is 0 Å². The molecule has 5 nitrogen and oxygen atoms in total. The molecule has 0 aliphatic rings. The molecule has 78 heavy (non-hydrogen) atoms. The van der Waals surface area contributed by atoms with Crippen molar-refractivity contribution < 1.29 is 24.2 Å². The third-order valence-corrected chi connectivity index (χ3v) is 15.2. The van der Waals surface area contributed by atoms with Crippen molar-refractivity contribution >= 4 is 11.9 Å². The van der Waals surface area contributed by atoms with Gasteiger partial charge in [0.1, 0.15) is 6.61 Å². The summed E-state index contributed by atoms with van der Waals surface area (Å²) in [4.78, 5) is 24.6. The summed E-state index contributed by atoms with van der Waals surface area (Å²) in [5.41, 5.74) is 0. The van der Waals surface area contributed by atoms with Crippen molar-refractivity contribution in [2.75, 3.05) is 13.2 Å². The zero-order valence-electron chi connectivity index (χ0n) is 51.9. The fraction of sp³-hybridized carbons (Fsp3) is 0.781. The van der Waals surface area contributed by atoms with Crippen LogP contribution in [0.3, 0.4) is 0 Å². The number of hydrogen-bond donors (Lipinski definition) is 1. The van der Waals surface area contributed by atoms with Gasteiger partial charge in [0, 0.05) is 12.8 Å². The van der Waals surface area contributed by atoms with Gasteiger partial charge >= 0.3 is 11.9 Å². The van der Waals surface area contributed by atoms with Crippen LogP contribution >= 0.6 is 0 Å². The van der Waals surface area contributed by atoms with Crippen molar-refractivity contribution in [2.45, 2.75) is 354 Å². The van der Waals surface area contributed by atoms with Gasteiger partial charge in [0.2, 0.25) is 0 Å². The van der Waals surface area contributed by atoms with Gasteiger partial charge in [-0.05, 0) is 89.9 Å². The Labute approximate surface area is 486 Å². The number of carbonyl (C=O) groups excluding carboxylic acids is 2. The molecular weight excluding hydrogens is 957 g/mol. The summed E-state index contributed by atoms with van der Waals surface area (Å²) in [6.45, 7) is 4.05. The molecule has 0 heterocycles. The van der Waals surface area contributed by atoms with Crippen molar-refractivity contribution in [1.29, 1.82) is 0 Å². The van der Waals surface area contributed by atoms with Gasteiger partial charge in [-0.1, -0.05) is 330 Å². The molecule has 0 saturated heterocycles. The van der Waals surface area contributed by atoms with Crippen LogP contribution in [-0.4, -0.2) is 36.4 Å². The second-order valence-electron chi connectivity index (χ2n) is 22.9. The van der Waals surface area contributed by atoms with E-state index in [4.69, 9.17) is 9.47 Å². The zero-order chi connectivity index (χ0) is 56.2. The quantitative estimate of drug-likeness (QED) is 0.0373. The number of hydrogen-bond acceptors (Lipinski definition) is 5. The lowest BCUT2D eigenvalue weighted by molar-refractivity contribution is -0.161. The fourth-order valence-electron chi connectivity index (χ4n) is 10.1. The maximum absolute atomic E-state index is 12.4. The molecule has 0 aromatic carbocycles. The van der Waals surface area contributed by atoms with Crippen LogP contribution in [-0.2, 0) is 19.1 Å². The van der Waals surface area contributed by atoms with Crippen molar-refractivity contribution in [3.63, 3.8) is 0 Å². The van der Waals surface area contributed by atoms with Crippen LogP contribution in [0.25, 0.3) is 0 Å². The van der Waals surface area contributed by atoms with Gasteiger partial charge in [-0.25, -0.2) is 0 Å². The Kier molecular flexibility index (Phi) is 65.8. The van der Waals surface area contributed by atoms with Crippen molar-refractivity contribution in [3.8, 4) is 0 Å². The predicted molar refractivity (Wildman–Crippen MR) is 343 cm³/mol. The Morgan fingerprint density at radius 3 is 0.833 bits per heavy atom. The summed E-state index contributed by atoms with van der Waals surface area (Å²) in [5, 5.41) is 9.70. The lowest BCUT2D eigenvalue weighted by Gasteiger charge is -2.15. The normalized spacial score (nSPS) is 12.7. The van der Waals surface area contributed by atoms with Gasteiger partial charge in [0.05, 0.1) is 6.61 Å². The van der Waals surface area contributed by atoms with E-state index in [9.17, 15) is 14.7 Å². The van der Waals surface area contributed by atoms with E-state index in [1.807, 2.05) is 0 Å². The molecular formula is C73H130O5. The molecule has 0 fully saturated rings. The molecule has 0 radical (unpaired) electrons. The molecule has 0 aromatic heterocycles. The summed E-state index contributed by atoms with van der Waals surface area (Å²) in [7, 11) is 0. The minimum absolute atomic E-state index is 0.0652. The Hall–Kier alpha value is -2.92. The number of carbonyl (C=O) groups is 2. The molecule has 0 aliphatic carbocycles. The number of rotatable bonds is 63. The van der Waals surface area contributed by atoms with Crippen LogP contribution in [0.4, 0.5) is 0 Å². The highest BCUT2D eigenvalue weighted by molar-refractivity contribution is 5.70. The average molecular weight is 1090 g/mol. The molecule has 0 spiro atoms. The van der Waals surface area contributed by atoms with Crippen LogP contribution in [0.15, 0.2) is 85.1 Å². The van der Waals surface area contributed by atoms with E-state index in [0.29, 0.717) is 12.8 Å². The van der Waals surface area contributed by atoms with E-state index in [1.54, 1.807) is 0 Å². The smallest absolute Gasteiger partial charge is 0.306 e. The number of unbranched alkanes of at least 4 members (excludes halogenated alkanes) is 41. The van der Waals surface area contributed by atoms with Gasteiger partial charge in [-0.15, -0.1) is 0 Å². The molecule has 452 valence electrons. The standard InChI is InChI=1S/C73H130O5/c1-3-5-7-9-11-13-15-17-19-21-23-25-27-29-31-32-33-34-35-36-37-38-39-40-42-44-46-48-50-52-54-56-58-60-62-64-66-68-73(76)78-71(69-74)70-77-72(75)67-65-63-61-59-57-55-53-51-49-47-45-43-41-30-28-26-24-22-20-18-16-14-12-10-8-6-4-2/h5,7,11,13,16-19,22-25,28,30,71,74H,3-4,6,8-10,12,14-15,20-21,26-27,29,31-70H2,1-2H3/b7-5-,13-11-,18-16-,19-17-,24-22-,25-23-,30-28-. The SMILES string of the molecule is CC/C=C\C/C=C\C/C=C\C/C=C\CCCCCCCCCCCCCCCCCCCCCCCCCCC(=O)OC(CO)COC(=O)CCCCCCCCCCCCCC/C=C\C/C=C\C/C=C\CCCCCCC. The first-order chi connectivity index (χ1) is 38.6. The predicted octanol–water partition coefficient (Wildman–Crippen LogP) is 23.7. The summed E-state index contributed by atoms with van der Waals surface area (Å²) in [6.07, 6.45) is 96.1. The fourth-order valence-corrected chi connectivity index (χ4v) is 10.1. The van der Waals surface area contributed by atoms with Crippen LogP contribution in [0.2, 0.25) is 0 Å². The van der Waals surface area contributed by atoms with Gasteiger partial charge in [-0.2, -0.15) is 0 Å². The lowest BCUT2D eigenvalue weighted by Crippen LogP contribution is -2.28. The van der Waals surface area contributed by atoms with Gasteiger partial charge < -0.3 is 14.6 Å². The molecule has 0 bridgehead atoms. The van der Waals surface area contributed by atoms with Crippen LogP contribution in [0, 0.1) is 0 Å². The minimum Gasteiger partial charge on any atom is -0.462 e. The topological polar surface area (TPSA) is 72.8 Å². The maximum Gasteiger partial charge on any atom is 0.306 e. The van der Waals surface area contributed by atoms with Crippen molar-refractivity contribution in [1.82, 2.24) is 0 Å². The lowest BCUT2D eigenvalue weighted by atomic mass is 10.0. The number of esters is 2. The summed E-state index contributed by atoms with van der Waals surface area (Å²) < 4.78 is 10.8. The Bertz CT molecular complexity index is 1420. The summed E-state index contributed by atoms with van der Waals surface area (Å²) in [6, 6.07) is 0. The second-order valence-corrected chi connectivity index (χ2v) is 22.9. The van der Waals surface area contributed by atoms with E-state index >= 15 is 0 Å². The number of ether oxygens (including phenoxy) is 2. The monoisotopic (exact) mass is 1090 g/mol. The van der Waals surface area contributed by atoms with E-state index in [0.717, 1.165) is 77.0 Å². The summed E-state index contributed by atoms with van der Waals surface area (Å²) >= 11 is 0. The van der Waals surface area contributed by atoms with Crippen molar-refractivity contribution in [2.24, 2.45) is 0 Å². The van der Waals surface area contributed by atoms with Crippen molar-refractivity contribution in [3.05, 3.63) is 85.1 Å². The van der Waals surface area contributed by atoms with Gasteiger partial charge in [-0.3, -0.25) is 9.59 Å². The highest BCUT2D eigenvalue weighted by atomic mass is 16.6. The van der Waals surface area contributed by atoms with E-state index < -0.39 is 6.10 Å². The molecule has 1 atom stereocenters. The Morgan fingerprint density at radius 1 is 0.308 bits per heavy atom. The molecule has 1 N–H and O–H groups in total. The number of aliphatic hydroxyl groups is 1. The third kappa shape index (κ3) is 65.6. The van der Waals surface area contributed by atoms with Crippen LogP contribution in [0.1, 0.15) is 348 Å². The number of aliphatic hydroxyl groups excluding tert-OH is 1. The Morgan fingerprint density at radius 2 is 0.551 bits per heavy atom. The maximum atomic E-state index is 12.4. The van der Waals surface area contributed by atoms with Crippen LogP contribution in [0.5, 0.6) is 0 Å². The average Bonchev–Trinajstić information content (AvgIpc) is 3.44. The molecule has 0 saturated carbocycles. The van der Waals surface area contributed by atoms with E-state index in [1.165, 1.54) is 244 Å². The molecule has 0 aliphatic heterocycles. The second kappa shape index (κ2) is 68.4. The Balaban J connectivity index is 3.42. The highest BCUT2D eigenvalue weighted by Gasteiger charge is 2.16. The molecule has 0 rings (SSSR count). The molecule has 1 unspecified atom stereocenters. The minimum atomic E-state index is -0.775. The first kappa shape index (κ1) is 75.1. The molecule has 5 heteroatoms. The zero-order valence-corrected chi connectivity index (χ0v) is 51.9.